The maximum Gasteiger partial charge on any atom is 0.163 e. The van der Waals surface area contributed by atoms with Gasteiger partial charge >= 0.3 is 0 Å². The van der Waals surface area contributed by atoms with Crippen molar-refractivity contribution < 1.29 is 9.84 Å². The highest BCUT2D eigenvalue weighted by Gasteiger charge is 2.41. The van der Waals surface area contributed by atoms with Crippen LogP contribution in [0.2, 0.25) is 0 Å². The Morgan fingerprint density at radius 1 is 1.73 bits per heavy atom. The van der Waals surface area contributed by atoms with Crippen molar-refractivity contribution in [1.82, 2.24) is 0 Å². The summed E-state index contributed by atoms with van der Waals surface area (Å²) in [5, 5.41) is 12.6. The van der Waals surface area contributed by atoms with E-state index in [1.165, 1.54) is 0 Å². The van der Waals surface area contributed by atoms with E-state index in [-0.39, 0.29) is 5.41 Å². The van der Waals surface area contributed by atoms with Gasteiger partial charge in [-0.15, -0.1) is 0 Å². The van der Waals surface area contributed by atoms with Crippen LogP contribution >= 0.6 is 0 Å². The summed E-state index contributed by atoms with van der Waals surface area (Å²) in [6.45, 7) is 4.21. The normalized spacial score (nSPS) is 34.8. The lowest BCUT2D eigenvalue weighted by Crippen LogP contribution is -2.30. The number of hydrogen-bond acceptors (Lipinski definition) is 3. The highest BCUT2D eigenvalue weighted by molar-refractivity contribution is 4.91. The van der Waals surface area contributed by atoms with Crippen LogP contribution in [0, 0.1) is 5.41 Å². The molecule has 2 unspecified atom stereocenters. The molecule has 0 aromatic carbocycles. The van der Waals surface area contributed by atoms with E-state index < -0.39 is 12.3 Å². The molecule has 0 saturated carbocycles. The first kappa shape index (κ1) is 8.33. The van der Waals surface area contributed by atoms with Crippen molar-refractivity contribution >= 4 is 0 Å². The van der Waals surface area contributed by atoms with Crippen LogP contribution in [-0.4, -0.2) is 24.0 Å². The fourth-order valence-corrected chi connectivity index (χ4v) is 1.13. The van der Waals surface area contributed by atoms with Crippen LogP contribution in [0.3, 0.4) is 0 Å². The Kier molecular flexibility index (Phi) is 2.04. The number of azide groups is 1. The third-order valence-corrected chi connectivity index (χ3v) is 1.87. The zero-order valence-electron chi connectivity index (χ0n) is 6.56. The number of nitrogens with zero attached hydrogens (tertiary/aromatic N) is 3. The average Bonchev–Trinajstić information content (AvgIpc) is 2.16. The van der Waals surface area contributed by atoms with Gasteiger partial charge in [-0.2, -0.15) is 0 Å². The Labute approximate surface area is 64.6 Å². The smallest absolute Gasteiger partial charge is 0.163 e. The molecule has 0 spiro atoms. The molecule has 1 fully saturated rings. The van der Waals surface area contributed by atoms with E-state index in [0.29, 0.717) is 6.61 Å². The van der Waals surface area contributed by atoms with E-state index in [1.54, 1.807) is 0 Å². The molecule has 5 nitrogen and oxygen atoms in total. The number of rotatable bonds is 1. The van der Waals surface area contributed by atoms with Crippen LogP contribution < -0.4 is 0 Å². The van der Waals surface area contributed by atoms with Gasteiger partial charge in [0.05, 0.1) is 12.6 Å². The molecule has 0 amide bonds. The van der Waals surface area contributed by atoms with Crippen LogP contribution in [0.25, 0.3) is 10.4 Å². The van der Waals surface area contributed by atoms with E-state index in [4.69, 9.17) is 15.4 Å². The molecule has 5 heteroatoms. The van der Waals surface area contributed by atoms with E-state index in [1.807, 2.05) is 13.8 Å². The van der Waals surface area contributed by atoms with Crippen molar-refractivity contribution in [2.24, 2.45) is 10.5 Å². The highest BCUT2D eigenvalue weighted by atomic mass is 16.6. The SMILES string of the molecule is CC1(C)COC(O)C1N=[N+]=[N-]. The molecule has 0 bridgehead atoms. The van der Waals surface area contributed by atoms with Gasteiger partial charge < -0.3 is 9.84 Å². The Morgan fingerprint density at radius 2 is 2.36 bits per heavy atom. The van der Waals surface area contributed by atoms with Crippen LogP contribution in [-0.2, 0) is 4.74 Å². The van der Waals surface area contributed by atoms with Gasteiger partial charge in [0, 0.05) is 10.3 Å². The van der Waals surface area contributed by atoms with Crippen molar-refractivity contribution in [3.63, 3.8) is 0 Å². The molecule has 1 N–H and O–H groups in total. The minimum atomic E-state index is -0.944. The molecule has 0 aliphatic carbocycles. The molecular weight excluding hydrogens is 146 g/mol. The molecule has 1 rings (SSSR count). The minimum absolute atomic E-state index is 0.258. The molecule has 1 saturated heterocycles. The third-order valence-electron chi connectivity index (χ3n) is 1.87. The third kappa shape index (κ3) is 1.45. The number of hydrogen-bond donors (Lipinski definition) is 1. The molecule has 1 heterocycles. The molecule has 11 heavy (non-hydrogen) atoms. The predicted octanol–water partition coefficient (Wildman–Crippen LogP) is 1.04. The van der Waals surface area contributed by atoms with Crippen molar-refractivity contribution in [3.8, 4) is 0 Å². The molecule has 2 atom stereocenters. The van der Waals surface area contributed by atoms with Gasteiger partial charge in [-0.3, -0.25) is 0 Å². The zero-order valence-corrected chi connectivity index (χ0v) is 6.56. The Hall–Kier alpha value is -0.770. The van der Waals surface area contributed by atoms with Gasteiger partial charge in [-0.1, -0.05) is 19.0 Å². The number of ether oxygens (including phenoxy) is 1. The van der Waals surface area contributed by atoms with Crippen molar-refractivity contribution in [2.75, 3.05) is 6.61 Å². The first-order chi connectivity index (χ1) is 5.08. The maximum absolute atomic E-state index is 9.17. The molecule has 1 aliphatic rings. The maximum atomic E-state index is 9.17. The monoisotopic (exact) mass is 157 g/mol. The number of aliphatic hydroxyl groups is 1. The Bertz CT molecular complexity index is 198. The molecule has 0 radical (unpaired) electrons. The lowest BCUT2D eigenvalue weighted by Gasteiger charge is -2.20. The lowest BCUT2D eigenvalue weighted by molar-refractivity contribution is -0.0663. The molecule has 0 aromatic rings. The lowest BCUT2D eigenvalue weighted by atomic mass is 9.88. The summed E-state index contributed by atoms with van der Waals surface area (Å²) in [5.74, 6) is 0. The first-order valence-electron chi connectivity index (χ1n) is 3.42. The summed E-state index contributed by atoms with van der Waals surface area (Å²) in [6.07, 6.45) is -0.944. The molecule has 1 aliphatic heterocycles. The summed E-state index contributed by atoms with van der Waals surface area (Å²) >= 11 is 0. The van der Waals surface area contributed by atoms with Crippen molar-refractivity contribution in [3.05, 3.63) is 10.4 Å². The van der Waals surface area contributed by atoms with Gasteiger partial charge in [0.2, 0.25) is 0 Å². The van der Waals surface area contributed by atoms with Gasteiger partial charge in [0.25, 0.3) is 0 Å². The Balaban J connectivity index is 2.80. The highest BCUT2D eigenvalue weighted by Crippen LogP contribution is 2.33. The second kappa shape index (κ2) is 2.70. The second-order valence-corrected chi connectivity index (χ2v) is 3.34. The summed E-state index contributed by atoms with van der Waals surface area (Å²) in [5.41, 5.74) is 7.91. The van der Waals surface area contributed by atoms with E-state index >= 15 is 0 Å². The Morgan fingerprint density at radius 3 is 2.73 bits per heavy atom. The summed E-state index contributed by atoms with van der Waals surface area (Å²) in [4.78, 5) is 2.65. The standard InChI is InChI=1S/C6H11N3O2/c1-6(2)3-11-5(10)4(6)8-9-7/h4-5,10H,3H2,1-2H3. The molecule has 62 valence electrons. The van der Waals surface area contributed by atoms with Crippen LogP contribution in [0.1, 0.15) is 13.8 Å². The van der Waals surface area contributed by atoms with E-state index in [2.05, 4.69) is 10.0 Å². The second-order valence-electron chi connectivity index (χ2n) is 3.34. The van der Waals surface area contributed by atoms with E-state index in [0.717, 1.165) is 0 Å². The average molecular weight is 157 g/mol. The summed E-state index contributed by atoms with van der Waals surface area (Å²) in [6, 6.07) is -0.465. The number of aliphatic hydroxyl groups excluding tert-OH is 1. The van der Waals surface area contributed by atoms with E-state index in [9.17, 15) is 0 Å². The van der Waals surface area contributed by atoms with Crippen molar-refractivity contribution in [1.29, 1.82) is 0 Å². The topological polar surface area (TPSA) is 78.2 Å². The molecule has 0 aromatic heterocycles. The summed E-state index contributed by atoms with van der Waals surface area (Å²) < 4.78 is 4.92. The van der Waals surface area contributed by atoms with Crippen LogP contribution in [0.5, 0.6) is 0 Å². The predicted molar refractivity (Wildman–Crippen MR) is 38.7 cm³/mol. The van der Waals surface area contributed by atoms with Gasteiger partial charge in [-0.25, -0.2) is 0 Å². The quantitative estimate of drug-likeness (QED) is 0.350. The van der Waals surface area contributed by atoms with Gasteiger partial charge in [-0.05, 0) is 5.53 Å². The first-order valence-corrected chi connectivity index (χ1v) is 3.42. The fourth-order valence-electron chi connectivity index (χ4n) is 1.13. The zero-order chi connectivity index (χ0) is 8.48. The molecular formula is C6H11N3O2. The van der Waals surface area contributed by atoms with Crippen LogP contribution in [0.4, 0.5) is 0 Å². The van der Waals surface area contributed by atoms with Crippen LogP contribution in [0.15, 0.2) is 5.11 Å². The van der Waals surface area contributed by atoms with Gasteiger partial charge in [0.1, 0.15) is 0 Å². The minimum Gasteiger partial charge on any atom is -0.368 e. The van der Waals surface area contributed by atoms with Crippen molar-refractivity contribution in [2.45, 2.75) is 26.2 Å². The van der Waals surface area contributed by atoms with Gasteiger partial charge in [0.15, 0.2) is 6.29 Å². The summed E-state index contributed by atoms with van der Waals surface area (Å²) in [7, 11) is 0. The largest absolute Gasteiger partial charge is 0.368 e. The fraction of sp³-hybridized carbons (Fsp3) is 1.00.